The van der Waals surface area contributed by atoms with E-state index < -0.39 is 15.9 Å². The second kappa shape index (κ2) is 7.68. The number of hydrogen-bond acceptors (Lipinski definition) is 7. The number of carbonyl (C=O) groups excluding carboxylic acids is 1. The monoisotopic (exact) mass is 421 g/mol. The fourth-order valence-electron chi connectivity index (χ4n) is 3.71. The average molecular weight is 421 g/mol. The lowest BCUT2D eigenvalue weighted by Gasteiger charge is -2.31. The van der Waals surface area contributed by atoms with Crippen molar-refractivity contribution in [1.29, 1.82) is 0 Å². The van der Waals surface area contributed by atoms with Gasteiger partial charge in [-0.2, -0.15) is 4.31 Å². The number of hydrogen-bond donors (Lipinski definition) is 1. The standard InChI is InChI=1S/C19H23N3O6S/c1-12-18(13(2)28-21-12)29(24,25)22-7-3-4-14(11-22)19(23)20-15-5-6-16-17(10-15)27-9-8-26-16/h5-6,10,14H,3-4,7-9,11H2,1-2H3,(H,20,23). The van der Waals surface area contributed by atoms with Crippen LogP contribution >= 0.6 is 0 Å². The van der Waals surface area contributed by atoms with E-state index in [0.717, 1.165) is 0 Å². The van der Waals surface area contributed by atoms with Crippen molar-refractivity contribution in [3.63, 3.8) is 0 Å². The van der Waals surface area contributed by atoms with Crippen molar-refractivity contribution < 1.29 is 27.2 Å². The van der Waals surface area contributed by atoms with Gasteiger partial charge in [-0.05, 0) is 38.8 Å². The number of sulfonamides is 1. The molecule has 3 heterocycles. The van der Waals surface area contributed by atoms with Gasteiger partial charge < -0.3 is 19.3 Å². The number of carbonyl (C=O) groups is 1. The maximum Gasteiger partial charge on any atom is 0.248 e. The van der Waals surface area contributed by atoms with E-state index in [0.29, 0.717) is 55.5 Å². The third kappa shape index (κ3) is 3.82. The lowest BCUT2D eigenvalue weighted by molar-refractivity contribution is -0.120. The van der Waals surface area contributed by atoms with Gasteiger partial charge in [0, 0.05) is 24.8 Å². The Hall–Kier alpha value is -2.59. The zero-order valence-electron chi connectivity index (χ0n) is 16.3. The Morgan fingerprint density at radius 3 is 2.69 bits per heavy atom. The number of nitrogens with one attached hydrogen (secondary N) is 1. The summed E-state index contributed by atoms with van der Waals surface area (Å²) < 4.78 is 43.5. The molecule has 10 heteroatoms. The van der Waals surface area contributed by atoms with Crippen LogP contribution in [-0.4, -0.2) is 50.1 Å². The molecule has 1 saturated heterocycles. The Morgan fingerprint density at radius 2 is 1.97 bits per heavy atom. The second-order valence-electron chi connectivity index (χ2n) is 7.20. The van der Waals surface area contributed by atoms with E-state index in [2.05, 4.69) is 10.5 Å². The molecular weight excluding hydrogens is 398 g/mol. The van der Waals surface area contributed by atoms with E-state index in [1.54, 1.807) is 32.0 Å². The van der Waals surface area contributed by atoms with E-state index >= 15 is 0 Å². The molecule has 0 spiro atoms. The molecule has 1 atom stereocenters. The van der Waals surface area contributed by atoms with E-state index in [1.165, 1.54) is 4.31 Å². The van der Waals surface area contributed by atoms with Crippen LogP contribution in [0.3, 0.4) is 0 Å². The smallest absolute Gasteiger partial charge is 0.248 e. The highest BCUT2D eigenvalue weighted by atomic mass is 32.2. The van der Waals surface area contributed by atoms with E-state index in [1.807, 2.05) is 0 Å². The average Bonchev–Trinajstić information content (AvgIpc) is 3.07. The van der Waals surface area contributed by atoms with Gasteiger partial charge in [0.2, 0.25) is 15.9 Å². The molecule has 9 nitrogen and oxygen atoms in total. The molecule has 1 unspecified atom stereocenters. The number of ether oxygens (including phenoxy) is 2. The quantitative estimate of drug-likeness (QED) is 0.805. The lowest BCUT2D eigenvalue weighted by Crippen LogP contribution is -2.43. The number of amides is 1. The first kappa shape index (κ1) is 19.7. The number of fused-ring (bicyclic) bond motifs is 1. The third-order valence-electron chi connectivity index (χ3n) is 5.13. The van der Waals surface area contributed by atoms with Crippen LogP contribution in [0.5, 0.6) is 11.5 Å². The molecule has 0 radical (unpaired) electrons. The summed E-state index contributed by atoms with van der Waals surface area (Å²) in [5.74, 6) is 0.807. The molecule has 0 saturated carbocycles. The lowest BCUT2D eigenvalue weighted by atomic mass is 9.98. The molecule has 1 amide bonds. The van der Waals surface area contributed by atoms with Crippen molar-refractivity contribution in [2.24, 2.45) is 5.92 Å². The van der Waals surface area contributed by atoms with Gasteiger partial charge in [-0.3, -0.25) is 4.79 Å². The van der Waals surface area contributed by atoms with Crippen molar-refractivity contribution >= 4 is 21.6 Å². The van der Waals surface area contributed by atoms with Crippen LogP contribution in [0.1, 0.15) is 24.3 Å². The topological polar surface area (TPSA) is 111 Å². The molecule has 156 valence electrons. The molecule has 4 rings (SSSR count). The van der Waals surface area contributed by atoms with Gasteiger partial charge >= 0.3 is 0 Å². The number of piperidine rings is 1. The Bertz CT molecular complexity index is 1010. The van der Waals surface area contributed by atoms with Crippen LogP contribution in [0.2, 0.25) is 0 Å². The minimum Gasteiger partial charge on any atom is -0.486 e. The van der Waals surface area contributed by atoms with Crippen LogP contribution in [0.15, 0.2) is 27.6 Å². The van der Waals surface area contributed by atoms with Gasteiger partial charge in [0.1, 0.15) is 23.8 Å². The predicted octanol–water partition coefficient (Wildman–Crippen LogP) is 2.10. The number of anilines is 1. The molecule has 0 bridgehead atoms. The minimum absolute atomic E-state index is 0.0883. The zero-order chi connectivity index (χ0) is 20.6. The van der Waals surface area contributed by atoms with Gasteiger partial charge in [0.15, 0.2) is 17.3 Å². The Labute approximate surface area is 169 Å². The number of rotatable bonds is 4. The molecule has 29 heavy (non-hydrogen) atoms. The Kier molecular flexibility index (Phi) is 5.22. The summed E-state index contributed by atoms with van der Waals surface area (Å²) in [6.07, 6.45) is 1.21. The van der Waals surface area contributed by atoms with Crippen molar-refractivity contribution in [3.8, 4) is 11.5 Å². The summed E-state index contributed by atoms with van der Waals surface area (Å²) in [6, 6.07) is 5.21. The van der Waals surface area contributed by atoms with Crippen LogP contribution in [0, 0.1) is 19.8 Å². The first-order chi connectivity index (χ1) is 13.9. The predicted molar refractivity (Wildman–Crippen MR) is 104 cm³/mol. The van der Waals surface area contributed by atoms with E-state index in [9.17, 15) is 13.2 Å². The fraction of sp³-hybridized carbons (Fsp3) is 0.474. The molecule has 2 aliphatic heterocycles. The van der Waals surface area contributed by atoms with Crippen molar-refractivity contribution in [1.82, 2.24) is 9.46 Å². The fourth-order valence-corrected chi connectivity index (χ4v) is 5.53. The molecule has 2 aromatic rings. The molecule has 1 fully saturated rings. The Morgan fingerprint density at radius 1 is 1.21 bits per heavy atom. The van der Waals surface area contributed by atoms with Gasteiger partial charge in [-0.15, -0.1) is 0 Å². The zero-order valence-corrected chi connectivity index (χ0v) is 17.1. The number of nitrogens with zero attached hydrogens (tertiary/aromatic N) is 2. The molecule has 0 aliphatic carbocycles. The van der Waals surface area contributed by atoms with Gasteiger partial charge in [0.05, 0.1) is 5.92 Å². The first-order valence-electron chi connectivity index (χ1n) is 9.50. The highest BCUT2D eigenvalue weighted by molar-refractivity contribution is 7.89. The molecule has 1 aromatic carbocycles. The van der Waals surface area contributed by atoms with Gasteiger partial charge in [-0.25, -0.2) is 8.42 Å². The maximum absolute atomic E-state index is 13.0. The summed E-state index contributed by atoms with van der Waals surface area (Å²) in [7, 11) is -3.77. The summed E-state index contributed by atoms with van der Waals surface area (Å²) in [5, 5.41) is 6.60. The maximum atomic E-state index is 13.0. The minimum atomic E-state index is -3.77. The van der Waals surface area contributed by atoms with E-state index in [4.69, 9.17) is 14.0 Å². The molecule has 1 N–H and O–H groups in total. The second-order valence-corrected chi connectivity index (χ2v) is 9.08. The van der Waals surface area contributed by atoms with Crippen LogP contribution in [-0.2, 0) is 14.8 Å². The third-order valence-corrected chi connectivity index (χ3v) is 7.24. The van der Waals surface area contributed by atoms with Crippen LogP contribution in [0.4, 0.5) is 5.69 Å². The number of aryl methyl sites for hydroxylation is 2. The van der Waals surface area contributed by atoms with Crippen molar-refractivity contribution in [3.05, 3.63) is 29.7 Å². The molecule has 2 aliphatic rings. The van der Waals surface area contributed by atoms with Crippen molar-refractivity contribution in [2.45, 2.75) is 31.6 Å². The van der Waals surface area contributed by atoms with Gasteiger partial charge in [0.25, 0.3) is 0 Å². The van der Waals surface area contributed by atoms with Crippen molar-refractivity contribution in [2.75, 3.05) is 31.6 Å². The summed E-state index contributed by atoms with van der Waals surface area (Å²) in [5.41, 5.74) is 0.912. The molecule has 1 aromatic heterocycles. The largest absolute Gasteiger partial charge is 0.486 e. The van der Waals surface area contributed by atoms with Crippen LogP contribution in [0.25, 0.3) is 0 Å². The SMILES string of the molecule is Cc1noc(C)c1S(=O)(=O)N1CCCC(C(=O)Nc2ccc3c(c2)OCCO3)C1. The Balaban J connectivity index is 1.48. The first-order valence-corrected chi connectivity index (χ1v) is 10.9. The number of aromatic nitrogens is 1. The molecular formula is C19H23N3O6S. The summed E-state index contributed by atoms with van der Waals surface area (Å²) >= 11 is 0. The summed E-state index contributed by atoms with van der Waals surface area (Å²) in [6.45, 7) is 4.60. The summed E-state index contributed by atoms with van der Waals surface area (Å²) in [4.78, 5) is 12.9. The highest BCUT2D eigenvalue weighted by Gasteiger charge is 2.36. The number of benzene rings is 1. The highest BCUT2D eigenvalue weighted by Crippen LogP contribution is 2.33. The van der Waals surface area contributed by atoms with Crippen LogP contribution < -0.4 is 14.8 Å². The normalized spacial score (nSPS) is 19.7. The van der Waals surface area contributed by atoms with Gasteiger partial charge in [-0.1, -0.05) is 5.16 Å². The van der Waals surface area contributed by atoms with E-state index in [-0.39, 0.29) is 23.1 Å².